The minimum absolute atomic E-state index is 0.0396. The topological polar surface area (TPSA) is 152 Å². The maximum Gasteiger partial charge on any atom is 0.263 e. The first kappa shape index (κ1) is 24.1. The van der Waals surface area contributed by atoms with E-state index in [2.05, 4.69) is 36.6 Å². The minimum Gasteiger partial charge on any atom is -0.384 e. The summed E-state index contributed by atoms with van der Waals surface area (Å²) in [5.74, 6) is 6.62. The van der Waals surface area contributed by atoms with Gasteiger partial charge in [0.15, 0.2) is 0 Å². The van der Waals surface area contributed by atoms with Crippen LogP contribution in [0.3, 0.4) is 0 Å². The molecule has 1 aromatic carbocycles. The number of hydrogen-bond donors (Lipinski definition) is 2. The van der Waals surface area contributed by atoms with Crippen LogP contribution in [0.4, 0.5) is 11.5 Å². The van der Waals surface area contributed by atoms with Gasteiger partial charge in [0.2, 0.25) is 16.0 Å². The maximum absolute atomic E-state index is 13.8. The van der Waals surface area contributed by atoms with Crippen LogP contribution in [0.25, 0.3) is 0 Å². The molecule has 0 spiro atoms. The lowest BCUT2D eigenvalue weighted by Crippen LogP contribution is -2.52. The first-order valence-corrected chi connectivity index (χ1v) is 13.5. The summed E-state index contributed by atoms with van der Waals surface area (Å²) >= 11 is 0. The molecule has 3 aliphatic rings. The van der Waals surface area contributed by atoms with E-state index in [1.165, 1.54) is 23.4 Å². The first-order chi connectivity index (χ1) is 18.1. The molecule has 38 heavy (non-hydrogen) atoms. The van der Waals surface area contributed by atoms with Crippen molar-refractivity contribution in [2.24, 2.45) is 12.0 Å². The van der Waals surface area contributed by atoms with Gasteiger partial charge in [0, 0.05) is 30.4 Å². The second-order valence-electron chi connectivity index (χ2n) is 9.88. The number of nitrogens with zero attached hydrogens (tertiary/aromatic N) is 7. The number of fused-ring (bicyclic) bond motifs is 3. The van der Waals surface area contributed by atoms with Gasteiger partial charge in [-0.05, 0) is 43.9 Å². The predicted octanol–water partition coefficient (Wildman–Crippen LogP) is 0.875. The summed E-state index contributed by atoms with van der Waals surface area (Å²) in [6, 6.07) is 5.78. The average Bonchev–Trinajstić information content (AvgIpc) is 3.24. The molecule has 194 valence electrons. The summed E-state index contributed by atoms with van der Waals surface area (Å²) in [4.78, 5) is 29.9. The van der Waals surface area contributed by atoms with Crippen LogP contribution in [0.2, 0.25) is 0 Å². The van der Waals surface area contributed by atoms with Crippen molar-refractivity contribution in [1.29, 1.82) is 0 Å². The second kappa shape index (κ2) is 8.64. The van der Waals surface area contributed by atoms with Gasteiger partial charge in [-0.25, -0.2) is 28.1 Å². The maximum atomic E-state index is 13.8. The third-order valence-electron chi connectivity index (χ3n) is 6.72. The van der Waals surface area contributed by atoms with Crippen molar-refractivity contribution < 1.29 is 13.2 Å². The number of carbonyl (C=O) groups excluding carboxylic acids is 1. The van der Waals surface area contributed by atoms with E-state index < -0.39 is 21.6 Å². The summed E-state index contributed by atoms with van der Waals surface area (Å²) in [6.07, 6.45) is 6.40. The standard InChI is InChI=1S/C25H25N9O3S/c1-25(7-8-25)31-38(36,37)19-5-6-21-20(10-19)23(35)33(14-16-11-30-32(2)13-16)24-27-12-18(34(21)24)4-3-17-9-22(26)29-15-28-17/h5-6,9-11,13,15,18,31H,7-8,12,14H2,1-2H3,(H2,26,28,29)/t18-/m1/s1. The number of aliphatic imine (C=N–C) groups is 1. The molecule has 1 amide bonds. The third-order valence-corrected chi connectivity index (χ3v) is 8.36. The Hall–Kier alpha value is -4.28. The molecule has 12 nitrogen and oxygen atoms in total. The quantitative estimate of drug-likeness (QED) is 0.460. The minimum atomic E-state index is -3.81. The number of rotatable bonds is 5. The molecule has 0 unspecified atom stereocenters. The largest absolute Gasteiger partial charge is 0.384 e. The Kier molecular flexibility index (Phi) is 5.48. The van der Waals surface area contributed by atoms with Crippen molar-refractivity contribution >= 4 is 33.4 Å². The van der Waals surface area contributed by atoms with Crippen LogP contribution in [-0.2, 0) is 23.6 Å². The number of nitrogens with one attached hydrogen (secondary N) is 1. The van der Waals surface area contributed by atoms with Crippen molar-refractivity contribution in [2.45, 2.75) is 42.8 Å². The summed E-state index contributed by atoms with van der Waals surface area (Å²) in [5, 5.41) is 4.20. The number of hydrogen-bond acceptors (Lipinski definition) is 9. The Balaban J connectivity index is 1.41. The van der Waals surface area contributed by atoms with Crippen molar-refractivity contribution in [3.8, 4) is 11.8 Å². The van der Waals surface area contributed by atoms with Gasteiger partial charge < -0.3 is 5.73 Å². The van der Waals surface area contributed by atoms with E-state index in [-0.39, 0.29) is 22.9 Å². The number of aromatic nitrogens is 4. The fourth-order valence-electron chi connectivity index (χ4n) is 4.52. The van der Waals surface area contributed by atoms with E-state index in [1.807, 2.05) is 18.0 Å². The van der Waals surface area contributed by atoms with Crippen LogP contribution in [-0.4, -0.2) is 63.1 Å². The molecule has 2 aliphatic heterocycles. The molecule has 2 aromatic heterocycles. The van der Waals surface area contributed by atoms with Gasteiger partial charge in [-0.1, -0.05) is 5.92 Å². The molecule has 4 heterocycles. The summed E-state index contributed by atoms with van der Waals surface area (Å²) in [7, 11) is -2.01. The molecule has 1 saturated carbocycles. The molecule has 1 aliphatic carbocycles. The highest BCUT2D eigenvalue weighted by molar-refractivity contribution is 7.89. The van der Waals surface area contributed by atoms with Gasteiger partial charge in [-0.2, -0.15) is 5.10 Å². The van der Waals surface area contributed by atoms with Crippen molar-refractivity contribution in [3.05, 3.63) is 59.8 Å². The second-order valence-corrected chi connectivity index (χ2v) is 11.6. The van der Waals surface area contributed by atoms with Crippen LogP contribution >= 0.6 is 0 Å². The highest BCUT2D eigenvalue weighted by atomic mass is 32.2. The Morgan fingerprint density at radius 1 is 1.24 bits per heavy atom. The van der Waals surface area contributed by atoms with Crippen molar-refractivity contribution in [2.75, 3.05) is 17.2 Å². The number of guanidine groups is 1. The van der Waals surface area contributed by atoms with Gasteiger partial charge in [-0.3, -0.25) is 19.3 Å². The number of sulfonamides is 1. The monoisotopic (exact) mass is 531 g/mol. The number of benzene rings is 1. The van der Waals surface area contributed by atoms with Gasteiger partial charge >= 0.3 is 0 Å². The van der Waals surface area contributed by atoms with E-state index in [9.17, 15) is 13.2 Å². The summed E-state index contributed by atoms with van der Waals surface area (Å²) in [6.45, 7) is 2.40. The molecule has 13 heteroatoms. The fourth-order valence-corrected chi connectivity index (χ4v) is 6.01. The SMILES string of the molecule is Cn1cc(CN2C(=O)c3cc(S(=O)(=O)NC4(C)CC4)ccc3N3C2=NC[C@H]3C#Cc2cc(N)ncn2)cn1. The Labute approximate surface area is 219 Å². The fraction of sp³-hybridized carbons (Fsp3) is 0.320. The van der Waals surface area contributed by atoms with Gasteiger partial charge in [0.1, 0.15) is 23.9 Å². The van der Waals surface area contributed by atoms with Gasteiger partial charge in [-0.15, -0.1) is 0 Å². The van der Waals surface area contributed by atoms with Crippen LogP contribution in [0.15, 0.2) is 52.9 Å². The van der Waals surface area contributed by atoms with Gasteiger partial charge in [0.05, 0.1) is 35.4 Å². The lowest BCUT2D eigenvalue weighted by atomic mass is 10.1. The van der Waals surface area contributed by atoms with Crippen LogP contribution in [0.1, 0.15) is 41.4 Å². The van der Waals surface area contributed by atoms with Crippen LogP contribution in [0, 0.1) is 11.8 Å². The van der Waals surface area contributed by atoms with E-state index in [0.29, 0.717) is 29.7 Å². The molecule has 3 aromatic rings. The summed E-state index contributed by atoms with van der Waals surface area (Å²) in [5.41, 5.74) is 7.40. The number of carbonyl (C=O) groups is 1. The predicted molar refractivity (Wildman–Crippen MR) is 139 cm³/mol. The molecule has 0 bridgehead atoms. The Bertz CT molecular complexity index is 1660. The number of amides is 1. The zero-order valence-electron chi connectivity index (χ0n) is 20.8. The zero-order chi connectivity index (χ0) is 26.7. The average molecular weight is 532 g/mol. The molecule has 3 N–H and O–H groups in total. The number of nitrogen functional groups attached to an aromatic ring is 1. The molecule has 1 fully saturated rings. The normalized spacial score (nSPS) is 19.4. The Morgan fingerprint density at radius 2 is 2.05 bits per heavy atom. The molecule has 1 atom stereocenters. The molecule has 6 rings (SSSR count). The number of aryl methyl sites for hydroxylation is 1. The smallest absolute Gasteiger partial charge is 0.263 e. The summed E-state index contributed by atoms with van der Waals surface area (Å²) < 4.78 is 30.6. The van der Waals surface area contributed by atoms with E-state index in [0.717, 1.165) is 18.4 Å². The first-order valence-electron chi connectivity index (χ1n) is 12.0. The van der Waals surface area contributed by atoms with Crippen LogP contribution < -0.4 is 15.4 Å². The highest BCUT2D eigenvalue weighted by Gasteiger charge is 2.44. The highest BCUT2D eigenvalue weighted by Crippen LogP contribution is 2.38. The lowest BCUT2D eigenvalue weighted by molar-refractivity contribution is 0.0833. The third kappa shape index (κ3) is 4.37. The molecular weight excluding hydrogens is 506 g/mol. The molecular formula is C25H25N9O3S. The Morgan fingerprint density at radius 3 is 2.76 bits per heavy atom. The van der Waals surface area contributed by atoms with E-state index in [4.69, 9.17) is 5.73 Å². The number of nitrogens with two attached hydrogens (primary N) is 1. The van der Waals surface area contributed by atoms with Crippen LogP contribution in [0.5, 0.6) is 0 Å². The lowest BCUT2D eigenvalue weighted by Gasteiger charge is -2.37. The van der Waals surface area contributed by atoms with Crippen molar-refractivity contribution in [1.82, 2.24) is 29.4 Å². The van der Waals surface area contributed by atoms with E-state index >= 15 is 0 Å². The zero-order valence-corrected chi connectivity index (χ0v) is 21.6. The van der Waals surface area contributed by atoms with Gasteiger partial charge in [0.25, 0.3) is 5.91 Å². The molecule has 0 radical (unpaired) electrons. The number of anilines is 2. The van der Waals surface area contributed by atoms with E-state index in [1.54, 1.807) is 30.1 Å². The van der Waals surface area contributed by atoms with Crippen molar-refractivity contribution in [3.63, 3.8) is 0 Å². The molecule has 0 saturated heterocycles.